The number of likely N-dealkylation sites (N-methyl/N-ethyl adjacent to an activating group) is 1. The molecule has 4 unspecified atom stereocenters. The van der Waals surface area contributed by atoms with Crippen molar-refractivity contribution in [1.82, 2.24) is 10.4 Å². The fourth-order valence-electron chi connectivity index (χ4n) is 4.52. The molecule has 0 aromatic rings. The molecule has 1 aliphatic heterocycles. The van der Waals surface area contributed by atoms with Gasteiger partial charge in [-0.2, -0.15) is 5.48 Å². The monoisotopic (exact) mass is 294 g/mol. The first-order valence-corrected chi connectivity index (χ1v) is 8.84. The van der Waals surface area contributed by atoms with E-state index in [9.17, 15) is 4.79 Å². The number of nitrogens with one attached hydrogen (secondary N) is 1. The summed E-state index contributed by atoms with van der Waals surface area (Å²) in [5, 5.41) is 0. The van der Waals surface area contributed by atoms with Crippen molar-refractivity contribution in [2.45, 2.75) is 82.9 Å². The van der Waals surface area contributed by atoms with Crippen LogP contribution in [-0.2, 0) is 9.63 Å². The number of carbonyl (C=O) groups excluding carboxylic acids is 1. The Labute approximate surface area is 128 Å². The second-order valence-corrected chi connectivity index (χ2v) is 7.40. The molecule has 0 bridgehead atoms. The molecule has 1 N–H and O–H groups in total. The van der Waals surface area contributed by atoms with Crippen LogP contribution in [0.4, 0.5) is 0 Å². The Balaban J connectivity index is 1.58. The smallest absolute Gasteiger partial charge is 0.242 e. The van der Waals surface area contributed by atoms with Gasteiger partial charge in [0.1, 0.15) is 6.04 Å². The van der Waals surface area contributed by atoms with Crippen molar-refractivity contribution in [2.75, 3.05) is 7.05 Å². The van der Waals surface area contributed by atoms with Gasteiger partial charge in [0.25, 0.3) is 0 Å². The van der Waals surface area contributed by atoms with Gasteiger partial charge >= 0.3 is 0 Å². The molecular formula is C17H30N2O2. The van der Waals surface area contributed by atoms with E-state index in [1.165, 1.54) is 51.4 Å². The summed E-state index contributed by atoms with van der Waals surface area (Å²) in [6.07, 6.45) is 11.2. The highest BCUT2D eigenvalue weighted by Gasteiger charge is 2.40. The zero-order valence-electron chi connectivity index (χ0n) is 13.5. The lowest BCUT2D eigenvalue weighted by Crippen LogP contribution is -2.56. The van der Waals surface area contributed by atoms with E-state index in [-0.39, 0.29) is 11.9 Å². The van der Waals surface area contributed by atoms with Crippen LogP contribution in [0.25, 0.3) is 0 Å². The van der Waals surface area contributed by atoms with E-state index in [1.54, 1.807) is 0 Å². The molecule has 1 amide bonds. The molecule has 120 valence electrons. The molecule has 4 atom stereocenters. The molecule has 1 heterocycles. The quantitative estimate of drug-likeness (QED) is 0.851. The topological polar surface area (TPSA) is 41.6 Å². The summed E-state index contributed by atoms with van der Waals surface area (Å²) < 4.78 is 0. The summed E-state index contributed by atoms with van der Waals surface area (Å²) in [7, 11) is 1.98. The summed E-state index contributed by atoms with van der Waals surface area (Å²) in [6, 6.07) is 0.305. The van der Waals surface area contributed by atoms with E-state index in [2.05, 4.69) is 12.4 Å². The van der Waals surface area contributed by atoms with Crippen molar-refractivity contribution in [3.05, 3.63) is 0 Å². The predicted molar refractivity (Wildman–Crippen MR) is 82.6 cm³/mol. The molecule has 21 heavy (non-hydrogen) atoms. The maximum atomic E-state index is 12.7. The van der Waals surface area contributed by atoms with Gasteiger partial charge in [0.15, 0.2) is 0 Å². The summed E-state index contributed by atoms with van der Waals surface area (Å²) in [5.74, 6) is 1.41. The lowest BCUT2D eigenvalue weighted by Gasteiger charge is -2.43. The van der Waals surface area contributed by atoms with Crippen LogP contribution in [0.2, 0.25) is 0 Å². The van der Waals surface area contributed by atoms with Crippen LogP contribution in [0.3, 0.4) is 0 Å². The van der Waals surface area contributed by atoms with Gasteiger partial charge in [0.05, 0.1) is 6.10 Å². The number of hydrogen-bond acceptors (Lipinski definition) is 3. The maximum Gasteiger partial charge on any atom is 0.242 e. The van der Waals surface area contributed by atoms with Crippen molar-refractivity contribution in [3.63, 3.8) is 0 Å². The zero-order chi connectivity index (χ0) is 14.8. The van der Waals surface area contributed by atoms with Crippen molar-refractivity contribution >= 4 is 5.91 Å². The molecule has 1 saturated heterocycles. The molecule has 3 fully saturated rings. The normalized spacial score (nSPS) is 37.8. The van der Waals surface area contributed by atoms with Gasteiger partial charge in [-0.25, -0.2) is 0 Å². The van der Waals surface area contributed by atoms with Gasteiger partial charge in [0.2, 0.25) is 5.91 Å². The lowest BCUT2D eigenvalue weighted by molar-refractivity contribution is -0.167. The minimum Gasteiger partial charge on any atom is -0.341 e. The molecule has 2 aliphatic carbocycles. The highest BCUT2D eigenvalue weighted by Crippen LogP contribution is 2.36. The lowest BCUT2D eigenvalue weighted by atomic mass is 9.76. The molecule has 3 aliphatic rings. The number of hydroxylamine groups is 1. The van der Waals surface area contributed by atoms with Gasteiger partial charge in [-0.1, -0.05) is 32.6 Å². The van der Waals surface area contributed by atoms with Gasteiger partial charge < -0.3 is 4.90 Å². The van der Waals surface area contributed by atoms with E-state index >= 15 is 0 Å². The molecular weight excluding hydrogens is 264 g/mol. The van der Waals surface area contributed by atoms with Gasteiger partial charge in [-0.15, -0.1) is 0 Å². The third-order valence-corrected chi connectivity index (χ3v) is 5.91. The van der Waals surface area contributed by atoms with Crippen LogP contribution in [0.5, 0.6) is 0 Å². The first-order valence-electron chi connectivity index (χ1n) is 8.84. The summed E-state index contributed by atoms with van der Waals surface area (Å²) in [4.78, 5) is 20.6. The molecule has 3 rings (SSSR count). The highest BCUT2D eigenvalue weighted by molar-refractivity contribution is 5.82. The minimum atomic E-state index is -0.136. The number of nitrogens with zero attached hydrogens (tertiary/aromatic N) is 1. The first kappa shape index (κ1) is 15.3. The molecule has 2 saturated carbocycles. The number of rotatable bonds is 2. The summed E-state index contributed by atoms with van der Waals surface area (Å²) in [6.45, 7) is 2.27. The van der Waals surface area contributed by atoms with Gasteiger partial charge in [0, 0.05) is 13.1 Å². The Morgan fingerprint density at radius 1 is 1.10 bits per heavy atom. The Kier molecular flexibility index (Phi) is 4.85. The molecule has 0 aromatic heterocycles. The highest BCUT2D eigenvalue weighted by atomic mass is 16.7. The third kappa shape index (κ3) is 3.26. The van der Waals surface area contributed by atoms with Crippen molar-refractivity contribution in [1.29, 1.82) is 0 Å². The molecule has 4 heteroatoms. The van der Waals surface area contributed by atoms with Crippen LogP contribution in [-0.4, -0.2) is 36.0 Å². The number of hydrogen-bond donors (Lipinski definition) is 1. The Bertz CT molecular complexity index is 368. The minimum absolute atomic E-state index is 0.136. The largest absolute Gasteiger partial charge is 0.341 e. The van der Waals surface area contributed by atoms with Crippen LogP contribution < -0.4 is 5.48 Å². The van der Waals surface area contributed by atoms with Gasteiger partial charge in [-0.05, 0) is 43.9 Å². The van der Waals surface area contributed by atoms with Crippen molar-refractivity contribution in [3.8, 4) is 0 Å². The standard InChI is InChI=1S/C17H30N2O2/c1-12-7-6-8-13-11-15(18-21-16(12)13)17(20)19(2)14-9-4-3-5-10-14/h12-16,18H,3-11H2,1-2H3. The van der Waals surface area contributed by atoms with Crippen LogP contribution in [0.1, 0.15) is 64.7 Å². The van der Waals surface area contributed by atoms with E-state index < -0.39 is 0 Å². The number of fused-ring (bicyclic) bond motifs is 1. The van der Waals surface area contributed by atoms with Crippen LogP contribution in [0.15, 0.2) is 0 Å². The Hall–Kier alpha value is -0.610. The van der Waals surface area contributed by atoms with Crippen molar-refractivity contribution in [2.24, 2.45) is 11.8 Å². The van der Waals surface area contributed by atoms with Crippen LogP contribution in [0, 0.1) is 11.8 Å². The molecule has 0 radical (unpaired) electrons. The SMILES string of the molecule is CC1CCCC2CC(C(=O)N(C)C3CCCCC3)NOC12. The molecule has 0 aromatic carbocycles. The molecule has 4 nitrogen and oxygen atoms in total. The maximum absolute atomic E-state index is 12.7. The zero-order valence-corrected chi connectivity index (χ0v) is 13.5. The second-order valence-electron chi connectivity index (χ2n) is 7.40. The van der Waals surface area contributed by atoms with E-state index in [4.69, 9.17) is 4.84 Å². The number of carbonyl (C=O) groups is 1. The predicted octanol–water partition coefficient (Wildman–Crippen LogP) is 2.88. The number of amides is 1. The fourth-order valence-corrected chi connectivity index (χ4v) is 4.52. The van der Waals surface area contributed by atoms with E-state index in [0.717, 1.165) is 6.42 Å². The average Bonchev–Trinajstić information content (AvgIpc) is 2.54. The second kappa shape index (κ2) is 6.66. The van der Waals surface area contributed by atoms with E-state index in [0.29, 0.717) is 24.0 Å². The first-order chi connectivity index (χ1) is 10.2. The van der Waals surface area contributed by atoms with Crippen molar-refractivity contribution < 1.29 is 9.63 Å². The summed E-state index contributed by atoms with van der Waals surface area (Å²) in [5.41, 5.74) is 3.08. The van der Waals surface area contributed by atoms with Crippen LogP contribution >= 0.6 is 0 Å². The third-order valence-electron chi connectivity index (χ3n) is 5.91. The Morgan fingerprint density at radius 3 is 2.62 bits per heavy atom. The fraction of sp³-hybridized carbons (Fsp3) is 0.941. The average molecular weight is 294 g/mol. The molecule has 0 spiro atoms. The van der Waals surface area contributed by atoms with Gasteiger partial charge in [-0.3, -0.25) is 9.63 Å². The van der Waals surface area contributed by atoms with E-state index in [1.807, 2.05) is 11.9 Å². The summed E-state index contributed by atoms with van der Waals surface area (Å²) >= 11 is 0. The Morgan fingerprint density at radius 2 is 1.86 bits per heavy atom.